The second-order valence-electron chi connectivity index (χ2n) is 10.9. The van der Waals surface area contributed by atoms with Crippen molar-refractivity contribution >= 4 is 17.6 Å². The third-order valence-electron chi connectivity index (χ3n) is 6.66. The zero-order valence-corrected chi connectivity index (χ0v) is 21.6. The number of alkyl halides is 2. The van der Waals surface area contributed by atoms with Crippen LogP contribution in [0.15, 0.2) is 33.3 Å². The van der Waals surface area contributed by atoms with E-state index in [1.54, 1.807) is 13.0 Å². The number of nitrogens with zero attached hydrogens (tertiary/aromatic N) is 2. The Morgan fingerprint density at radius 2 is 1.87 bits per heavy atom. The SMILES string of the molecule is Cc1ccc(NC(=O)CC(CCC(=O)O)c2noc(-c3cc(C(F)(F)C(C)(C)C)on3)c2C2CC2)c(F)c1. The van der Waals surface area contributed by atoms with Crippen LogP contribution in [0.5, 0.6) is 0 Å². The standard InChI is InChI=1S/C27H30F3N3O5/c1-14-5-9-18(17(28)11-14)31-21(34)12-16(8-10-22(35)36)24-23(15-6-7-15)25(38-33-24)19-13-20(37-32-19)27(29,30)26(2,3)4/h5,9,11,13,15-16H,6-8,10,12H2,1-4H3,(H,31,34)(H,35,36). The minimum atomic E-state index is -3.30. The Balaban J connectivity index is 1.64. The summed E-state index contributed by atoms with van der Waals surface area (Å²) in [6, 6.07) is 5.53. The summed E-state index contributed by atoms with van der Waals surface area (Å²) < 4.78 is 54.5. The van der Waals surface area contributed by atoms with Crippen LogP contribution in [-0.4, -0.2) is 27.3 Å². The highest BCUT2D eigenvalue weighted by molar-refractivity contribution is 5.91. The van der Waals surface area contributed by atoms with Gasteiger partial charge < -0.3 is 19.5 Å². The molecule has 204 valence electrons. The van der Waals surface area contributed by atoms with E-state index in [0.29, 0.717) is 16.8 Å². The lowest BCUT2D eigenvalue weighted by atomic mass is 9.86. The average Bonchev–Trinajstić information content (AvgIpc) is 3.35. The van der Waals surface area contributed by atoms with Gasteiger partial charge in [0.05, 0.1) is 11.4 Å². The molecule has 0 radical (unpaired) electrons. The van der Waals surface area contributed by atoms with Crippen molar-refractivity contribution in [2.45, 2.75) is 77.6 Å². The molecule has 0 spiro atoms. The summed E-state index contributed by atoms with van der Waals surface area (Å²) >= 11 is 0. The zero-order chi connectivity index (χ0) is 27.8. The number of carbonyl (C=O) groups is 2. The van der Waals surface area contributed by atoms with Gasteiger partial charge in [-0.05, 0) is 49.8 Å². The first kappa shape index (κ1) is 27.4. The Hall–Kier alpha value is -3.63. The molecule has 0 saturated heterocycles. The second kappa shape index (κ2) is 10.3. The number of anilines is 1. The maximum atomic E-state index is 14.8. The molecule has 1 atom stereocenters. The summed E-state index contributed by atoms with van der Waals surface area (Å²) in [5.41, 5.74) is 0.315. The fraction of sp³-hybridized carbons (Fsp3) is 0.481. The zero-order valence-electron chi connectivity index (χ0n) is 21.6. The topological polar surface area (TPSA) is 118 Å². The summed E-state index contributed by atoms with van der Waals surface area (Å²) in [6.07, 6.45) is 1.22. The van der Waals surface area contributed by atoms with Crippen molar-refractivity contribution in [3.63, 3.8) is 0 Å². The van der Waals surface area contributed by atoms with Crippen molar-refractivity contribution in [3.05, 3.63) is 52.7 Å². The number of amides is 1. The normalized spacial score (nSPS) is 14.9. The van der Waals surface area contributed by atoms with Crippen molar-refractivity contribution in [2.75, 3.05) is 5.32 Å². The molecule has 2 heterocycles. The van der Waals surface area contributed by atoms with Gasteiger partial charge >= 0.3 is 11.9 Å². The van der Waals surface area contributed by atoms with Crippen molar-refractivity contribution < 1.29 is 36.9 Å². The molecule has 2 N–H and O–H groups in total. The molecule has 8 nitrogen and oxygen atoms in total. The molecule has 1 fully saturated rings. The van der Waals surface area contributed by atoms with Crippen LogP contribution in [0.25, 0.3) is 11.5 Å². The summed E-state index contributed by atoms with van der Waals surface area (Å²) in [5, 5.41) is 19.8. The van der Waals surface area contributed by atoms with Crippen LogP contribution in [0, 0.1) is 18.2 Å². The lowest BCUT2D eigenvalue weighted by Gasteiger charge is -2.27. The number of aliphatic carboxylic acids is 1. The number of aryl methyl sites for hydroxylation is 1. The van der Waals surface area contributed by atoms with E-state index in [-0.39, 0.29) is 42.3 Å². The number of aromatic nitrogens is 2. The fourth-order valence-corrected chi connectivity index (χ4v) is 4.23. The molecule has 11 heteroatoms. The second-order valence-corrected chi connectivity index (χ2v) is 10.9. The van der Waals surface area contributed by atoms with Gasteiger partial charge in [0.25, 0.3) is 0 Å². The van der Waals surface area contributed by atoms with Crippen LogP contribution < -0.4 is 5.32 Å². The number of rotatable bonds is 10. The summed E-state index contributed by atoms with van der Waals surface area (Å²) in [5.74, 6) is -6.58. The molecule has 1 saturated carbocycles. The number of hydrogen-bond donors (Lipinski definition) is 2. The summed E-state index contributed by atoms with van der Waals surface area (Å²) in [7, 11) is 0. The molecule has 4 rings (SSSR count). The predicted molar refractivity (Wildman–Crippen MR) is 131 cm³/mol. The van der Waals surface area contributed by atoms with Crippen LogP contribution in [-0.2, 0) is 15.5 Å². The Bertz CT molecular complexity index is 1340. The highest BCUT2D eigenvalue weighted by Crippen LogP contribution is 2.50. The van der Waals surface area contributed by atoms with Gasteiger partial charge in [0, 0.05) is 35.8 Å². The number of carbonyl (C=O) groups excluding carboxylic acids is 1. The Labute approximate surface area is 217 Å². The highest BCUT2D eigenvalue weighted by atomic mass is 19.3. The average molecular weight is 534 g/mol. The monoisotopic (exact) mass is 533 g/mol. The molecule has 38 heavy (non-hydrogen) atoms. The van der Waals surface area contributed by atoms with Crippen molar-refractivity contribution in [1.82, 2.24) is 10.3 Å². The maximum Gasteiger partial charge on any atom is 0.312 e. The Morgan fingerprint density at radius 1 is 1.16 bits per heavy atom. The number of carboxylic acid groups (broad SMARTS) is 1. The van der Waals surface area contributed by atoms with Gasteiger partial charge in [-0.2, -0.15) is 8.78 Å². The van der Waals surface area contributed by atoms with E-state index in [1.807, 2.05) is 0 Å². The number of hydrogen-bond acceptors (Lipinski definition) is 6. The number of benzene rings is 1. The fourth-order valence-electron chi connectivity index (χ4n) is 4.23. The van der Waals surface area contributed by atoms with Crippen LogP contribution in [0.1, 0.15) is 87.3 Å². The Kier molecular flexibility index (Phi) is 7.40. The molecule has 1 aromatic carbocycles. The molecule has 1 aliphatic rings. The third-order valence-corrected chi connectivity index (χ3v) is 6.66. The van der Waals surface area contributed by atoms with Gasteiger partial charge in [-0.25, -0.2) is 4.39 Å². The summed E-state index contributed by atoms with van der Waals surface area (Å²) in [4.78, 5) is 24.2. The molecular weight excluding hydrogens is 503 g/mol. The van der Waals surface area contributed by atoms with E-state index >= 15 is 0 Å². The molecule has 0 bridgehead atoms. The van der Waals surface area contributed by atoms with Gasteiger partial charge in [0.15, 0.2) is 11.5 Å². The van der Waals surface area contributed by atoms with E-state index in [4.69, 9.17) is 9.05 Å². The van der Waals surface area contributed by atoms with Crippen LogP contribution in [0.2, 0.25) is 0 Å². The van der Waals surface area contributed by atoms with E-state index in [0.717, 1.165) is 18.9 Å². The molecule has 2 aromatic heterocycles. The minimum absolute atomic E-state index is 0.000501. The predicted octanol–water partition coefficient (Wildman–Crippen LogP) is 6.77. The first-order valence-electron chi connectivity index (χ1n) is 12.4. The Morgan fingerprint density at radius 3 is 2.47 bits per heavy atom. The van der Waals surface area contributed by atoms with Gasteiger partial charge in [0.1, 0.15) is 5.82 Å². The van der Waals surface area contributed by atoms with Crippen LogP contribution in [0.3, 0.4) is 0 Å². The number of halogens is 3. The maximum absolute atomic E-state index is 14.8. The largest absolute Gasteiger partial charge is 0.481 e. The third kappa shape index (κ3) is 5.76. The van der Waals surface area contributed by atoms with Gasteiger partial charge in [-0.3, -0.25) is 9.59 Å². The number of nitrogens with one attached hydrogen (secondary N) is 1. The molecule has 0 aliphatic heterocycles. The smallest absolute Gasteiger partial charge is 0.312 e. The van der Waals surface area contributed by atoms with Crippen LogP contribution in [0.4, 0.5) is 18.9 Å². The first-order valence-corrected chi connectivity index (χ1v) is 12.4. The molecular formula is C27H30F3N3O5. The van der Waals surface area contributed by atoms with E-state index in [1.165, 1.54) is 32.9 Å². The van der Waals surface area contributed by atoms with E-state index in [9.17, 15) is 27.9 Å². The van der Waals surface area contributed by atoms with Crippen molar-refractivity contribution in [3.8, 4) is 11.5 Å². The first-order chi connectivity index (χ1) is 17.8. The van der Waals surface area contributed by atoms with Gasteiger partial charge in [-0.15, -0.1) is 0 Å². The van der Waals surface area contributed by atoms with Crippen molar-refractivity contribution in [1.29, 1.82) is 0 Å². The molecule has 1 amide bonds. The molecule has 1 unspecified atom stereocenters. The number of carboxylic acids is 1. The van der Waals surface area contributed by atoms with Gasteiger partial charge in [-0.1, -0.05) is 37.2 Å². The van der Waals surface area contributed by atoms with E-state index in [2.05, 4.69) is 15.6 Å². The lowest BCUT2D eigenvalue weighted by molar-refractivity contribution is -0.137. The van der Waals surface area contributed by atoms with Crippen molar-refractivity contribution in [2.24, 2.45) is 5.41 Å². The molecule has 1 aliphatic carbocycles. The lowest BCUT2D eigenvalue weighted by Crippen LogP contribution is -2.30. The highest BCUT2D eigenvalue weighted by Gasteiger charge is 2.49. The minimum Gasteiger partial charge on any atom is -0.481 e. The quantitative estimate of drug-likeness (QED) is 0.295. The molecule has 3 aromatic rings. The summed E-state index contributed by atoms with van der Waals surface area (Å²) in [6.45, 7) is 5.88. The van der Waals surface area contributed by atoms with E-state index < -0.39 is 40.7 Å². The van der Waals surface area contributed by atoms with Crippen LogP contribution >= 0.6 is 0 Å². The van der Waals surface area contributed by atoms with Gasteiger partial charge in [0.2, 0.25) is 11.7 Å².